The largest absolute Gasteiger partial charge is 0.756 e. The minimum Gasteiger partial charge on any atom is -0.756 e. The maximum atomic E-state index is 13.3. The van der Waals surface area contributed by atoms with Crippen molar-refractivity contribution < 1.29 is 93.0 Å². The van der Waals surface area contributed by atoms with Gasteiger partial charge in [-0.25, -0.2) is 0 Å². The third-order valence-electron chi connectivity index (χ3n) is 9.82. The Morgan fingerprint density at radius 1 is 0.603 bits per heavy atom. The van der Waals surface area contributed by atoms with Crippen molar-refractivity contribution in [3.05, 3.63) is 12.7 Å². The van der Waals surface area contributed by atoms with Crippen LogP contribution in [0, 0.1) is 11.3 Å². The highest BCUT2D eigenvalue weighted by Crippen LogP contribution is 2.51. The SMILES string of the molecule is C=CC(OP(=O)([O-])O[C@@H]1C[C@H](C)O[C@@H]1COP(=O)([O-])O[C@@H]1C[C@H](C)O[C@@H]1COP(=O)([O-])OC(C)(C)C)[C@H]1O[C@@H](C)C[C@H]1OP(=O)([O-])OC[C@H]1O[C@@H](C)C[C@H]1C(C)(C)C. The molecule has 0 radical (unpaired) electrons. The van der Waals surface area contributed by atoms with Gasteiger partial charge in [-0.1, -0.05) is 26.8 Å². The molecule has 0 aromatic rings. The van der Waals surface area contributed by atoms with Gasteiger partial charge in [0, 0.05) is 19.3 Å². The molecule has 340 valence electrons. The molecular formula is C34H60O20P4-4. The summed E-state index contributed by atoms with van der Waals surface area (Å²) in [6.45, 7) is 19.5. The summed E-state index contributed by atoms with van der Waals surface area (Å²) in [5.74, 6) is 0.0336. The second kappa shape index (κ2) is 19.8. The molecule has 0 amide bonds. The Labute approximate surface area is 341 Å². The van der Waals surface area contributed by atoms with E-state index in [1.807, 2.05) is 27.7 Å². The predicted octanol–water partition coefficient (Wildman–Crippen LogP) is 3.82. The predicted molar refractivity (Wildman–Crippen MR) is 198 cm³/mol. The highest BCUT2D eigenvalue weighted by Gasteiger charge is 2.45. The van der Waals surface area contributed by atoms with E-state index in [9.17, 15) is 37.8 Å². The zero-order valence-electron chi connectivity index (χ0n) is 34.7. The Morgan fingerprint density at radius 2 is 1.00 bits per heavy atom. The van der Waals surface area contributed by atoms with Crippen molar-refractivity contribution in [3.63, 3.8) is 0 Å². The van der Waals surface area contributed by atoms with E-state index in [4.69, 9.17) is 55.1 Å². The van der Waals surface area contributed by atoms with Crippen LogP contribution in [0.1, 0.15) is 94.9 Å². The lowest BCUT2D eigenvalue weighted by Crippen LogP contribution is -2.39. The molecule has 20 nitrogen and oxygen atoms in total. The molecule has 0 aromatic heterocycles. The first kappa shape index (κ1) is 50.7. The zero-order valence-corrected chi connectivity index (χ0v) is 38.3. The summed E-state index contributed by atoms with van der Waals surface area (Å²) in [5.41, 5.74) is -1.24. The lowest BCUT2D eigenvalue weighted by molar-refractivity contribution is -0.241. The summed E-state index contributed by atoms with van der Waals surface area (Å²) < 4.78 is 116. The highest BCUT2D eigenvalue weighted by molar-refractivity contribution is 7.46. The van der Waals surface area contributed by atoms with Crippen LogP contribution in [0.5, 0.6) is 0 Å². The lowest BCUT2D eigenvalue weighted by atomic mass is 9.76. The van der Waals surface area contributed by atoms with Gasteiger partial charge in [-0.05, 0) is 66.2 Å². The molecule has 58 heavy (non-hydrogen) atoms. The third kappa shape index (κ3) is 15.7. The molecule has 17 atom stereocenters. The zero-order chi connectivity index (χ0) is 43.6. The molecular weight excluding hydrogens is 852 g/mol. The van der Waals surface area contributed by atoms with Crippen molar-refractivity contribution in [1.29, 1.82) is 0 Å². The van der Waals surface area contributed by atoms with Crippen LogP contribution in [0.2, 0.25) is 0 Å². The monoisotopic (exact) mass is 912 g/mol. The van der Waals surface area contributed by atoms with E-state index >= 15 is 0 Å². The fraction of sp³-hybridized carbons (Fsp3) is 0.941. The summed E-state index contributed by atoms with van der Waals surface area (Å²) in [6.07, 6.45) is -9.09. The van der Waals surface area contributed by atoms with Crippen LogP contribution in [-0.4, -0.2) is 98.7 Å². The van der Waals surface area contributed by atoms with Gasteiger partial charge in [-0.15, -0.1) is 6.58 Å². The molecule has 0 aliphatic carbocycles. The second-order valence-corrected chi connectivity index (χ2v) is 22.8. The van der Waals surface area contributed by atoms with Crippen LogP contribution in [-0.2, 0) is 73.4 Å². The summed E-state index contributed by atoms with van der Waals surface area (Å²) in [4.78, 5) is 51.5. The molecule has 0 saturated carbocycles. The molecule has 4 heterocycles. The average molecular weight is 913 g/mol. The number of ether oxygens (including phenoxy) is 4. The maximum Gasteiger partial charge on any atom is 0.268 e. The second-order valence-electron chi connectivity index (χ2n) is 17.4. The van der Waals surface area contributed by atoms with Gasteiger partial charge in [0.25, 0.3) is 31.3 Å². The molecule has 4 rings (SSSR count). The van der Waals surface area contributed by atoms with Gasteiger partial charge in [-0.2, -0.15) is 0 Å². The smallest absolute Gasteiger partial charge is 0.268 e. The number of hydrogen-bond acceptors (Lipinski definition) is 20. The molecule has 0 spiro atoms. The molecule has 4 fully saturated rings. The van der Waals surface area contributed by atoms with E-state index in [0.717, 1.165) is 12.5 Å². The molecule has 4 aliphatic heterocycles. The quantitative estimate of drug-likeness (QED) is 0.124. The summed E-state index contributed by atoms with van der Waals surface area (Å²) in [7, 11) is -20.1. The van der Waals surface area contributed by atoms with Crippen LogP contribution < -0.4 is 19.6 Å². The number of phosphoric ester groups is 4. The van der Waals surface area contributed by atoms with E-state index < -0.39 is 117 Å². The van der Waals surface area contributed by atoms with Crippen LogP contribution >= 0.6 is 31.3 Å². The van der Waals surface area contributed by atoms with Gasteiger partial charge in [-0.3, -0.25) is 18.3 Å². The van der Waals surface area contributed by atoms with Gasteiger partial charge in [0.1, 0.15) is 24.4 Å². The van der Waals surface area contributed by atoms with Gasteiger partial charge in [0.15, 0.2) is 0 Å². The van der Waals surface area contributed by atoms with E-state index in [1.165, 1.54) is 20.8 Å². The first-order valence-corrected chi connectivity index (χ1v) is 25.2. The molecule has 4 saturated heterocycles. The Morgan fingerprint density at radius 3 is 1.48 bits per heavy atom. The van der Waals surface area contributed by atoms with Crippen molar-refractivity contribution in [2.75, 3.05) is 19.8 Å². The standard InChI is InChI=1S/C34H64O20P4/c1-12-25(32-28(16-23(5)49-32)53-56(37,38)43-17-29-24(33(6,7)8)13-20(2)46-29)50-58(41,42)52-27-15-22(4)47-30(27)18-44-55(35,36)51-26-14-21(3)48-31(26)19-45-57(39,40)54-34(9,10)11/h12,20-32H,1,13-19H2,2-11H3,(H,35,36)(H,37,38)(H,39,40)(H,41,42)/p-4/t20-,21-,22-,23-,24+,25?,26+,27+,28+,29+,30+,31+,32+/m0/s1. The fourth-order valence-electron chi connectivity index (χ4n) is 7.47. The number of phosphoric acid groups is 4. The summed E-state index contributed by atoms with van der Waals surface area (Å²) >= 11 is 0. The Bertz CT molecular complexity index is 1570. The van der Waals surface area contributed by atoms with Crippen molar-refractivity contribution in [1.82, 2.24) is 0 Å². The highest BCUT2D eigenvalue weighted by atomic mass is 31.2. The number of hydrogen-bond donors (Lipinski definition) is 0. The summed E-state index contributed by atoms with van der Waals surface area (Å²) in [6, 6.07) is 0. The van der Waals surface area contributed by atoms with Gasteiger partial charge < -0.3 is 74.7 Å². The molecule has 4 aliphatic rings. The van der Waals surface area contributed by atoms with E-state index in [2.05, 4.69) is 6.58 Å². The maximum absolute atomic E-state index is 13.3. The van der Waals surface area contributed by atoms with Gasteiger partial charge in [0.2, 0.25) is 0 Å². The van der Waals surface area contributed by atoms with Crippen LogP contribution in [0.25, 0.3) is 0 Å². The van der Waals surface area contributed by atoms with E-state index in [-0.39, 0.29) is 43.3 Å². The van der Waals surface area contributed by atoms with Crippen molar-refractivity contribution in [2.45, 2.75) is 174 Å². The van der Waals surface area contributed by atoms with Crippen LogP contribution in [0.4, 0.5) is 0 Å². The van der Waals surface area contributed by atoms with Gasteiger partial charge in [0.05, 0.1) is 74.3 Å². The van der Waals surface area contributed by atoms with Crippen LogP contribution in [0.15, 0.2) is 12.7 Å². The van der Waals surface area contributed by atoms with Crippen molar-refractivity contribution in [2.24, 2.45) is 11.3 Å². The van der Waals surface area contributed by atoms with Gasteiger partial charge >= 0.3 is 0 Å². The molecule has 0 N–H and O–H groups in total. The summed E-state index contributed by atoms with van der Waals surface area (Å²) in [5, 5.41) is 0. The van der Waals surface area contributed by atoms with E-state index in [0.29, 0.717) is 0 Å². The van der Waals surface area contributed by atoms with Crippen molar-refractivity contribution >= 4 is 31.3 Å². The van der Waals surface area contributed by atoms with Crippen molar-refractivity contribution in [3.8, 4) is 0 Å². The third-order valence-corrected chi connectivity index (χ3v) is 14.1. The molecule has 0 aromatic carbocycles. The van der Waals surface area contributed by atoms with E-state index in [1.54, 1.807) is 20.8 Å². The topological polar surface area (TPSA) is 271 Å². The van der Waals surface area contributed by atoms with Crippen LogP contribution in [0.3, 0.4) is 0 Å². The molecule has 5 unspecified atom stereocenters. The Hall–Kier alpha value is 0.0200. The number of rotatable bonds is 20. The lowest BCUT2D eigenvalue weighted by Gasteiger charge is -2.36. The first-order chi connectivity index (χ1) is 26.5. The molecule has 0 bridgehead atoms. The minimum absolute atomic E-state index is 0.00930. The Balaban J connectivity index is 1.32. The minimum atomic E-state index is -5.28. The first-order valence-electron chi connectivity index (χ1n) is 19.3. The Kier molecular flexibility index (Phi) is 17.3. The molecule has 24 heteroatoms. The fourth-order valence-corrected chi connectivity index (χ4v) is 11.5. The average Bonchev–Trinajstić information content (AvgIpc) is 3.80. The normalized spacial score (nSPS) is 38.2.